The number of hydrogen-bond donors (Lipinski definition) is 1. The largest absolute Gasteiger partial charge is 0.408 e. The zero-order valence-corrected chi connectivity index (χ0v) is 12.8. The van der Waals surface area contributed by atoms with Crippen molar-refractivity contribution in [3.63, 3.8) is 0 Å². The number of nitriles is 1. The van der Waals surface area contributed by atoms with E-state index in [1.807, 2.05) is 0 Å². The highest BCUT2D eigenvalue weighted by atomic mass is 32.2. The van der Waals surface area contributed by atoms with E-state index in [0.717, 1.165) is 30.3 Å². The summed E-state index contributed by atoms with van der Waals surface area (Å²) in [4.78, 5) is 0.0516. The number of rotatable bonds is 4. The maximum atomic E-state index is 13.2. The molecule has 0 amide bonds. The van der Waals surface area contributed by atoms with Crippen LogP contribution in [0.15, 0.2) is 40.6 Å². The van der Waals surface area contributed by atoms with Crippen LogP contribution in [0.25, 0.3) is 0 Å². The van der Waals surface area contributed by atoms with E-state index in [-0.39, 0.29) is 4.88 Å². The van der Waals surface area contributed by atoms with Gasteiger partial charge in [-0.2, -0.15) is 23.2 Å². The van der Waals surface area contributed by atoms with Gasteiger partial charge in [0.05, 0.1) is 0 Å². The second-order valence-corrected chi connectivity index (χ2v) is 7.40. The Morgan fingerprint density at radius 1 is 1.13 bits per heavy atom. The molecule has 2 aromatic rings. The first-order valence-corrected chi connectivity index (χ1v) is 8.28. The molecule has 0 spiro atoms. The molecule has 0 aliphatic rings. The van der Waals surface area contributed by atoms with Gasteiger partial charge in [0.1, 0.15) is 27.0 Å². The lowest BCUT2D eigenvalue weighted by Crippen LogP contribution is -2.37. The van der Waals surface area contributed by atoms with Gasteiger partial charge in [-0.1, -0.05) is 12.1 Å². The van der Waals surface area contributed by atoms with Gasteiger partial charge in [0.2, 0.25) is 0 Å². The number of nitrogens with one attached hydrogen (secondary N) is 1. The number of halogens is 4. The van der Waals surface area contributed by atoms with E-state index < -0.39 is 37.8 Å². The molecule has 0 saturated heterocycles. The molecule has 2 rings (SSSR count). The first kappa shape index (κ1) is 17.4. The third-order valence-corrected chi connectivity index (χ3v) is 5.66. The van der Waals surface area contributed by atoms with E-state index in [2.05, 4.69) is 0 Å². The molecule has 122 valence electrons. The highest BCUT2D eigenvalue weighted by molar-refractivity contribution is 7.91. The van der Waals surface area contributed by atoms with E-state index in [0.29, 0.717) is 11.3 Å². The lowest BCUT2D eigenvalue weighted by molar-refractivity contribution is -0.153. The minimum Gasteiger partial charge on any atom is -0.207 e. The van der Waals surface area contributed by atoms with Crippen LogP contribution in [-0.4, -0.2) is 14.6 Å². The van der Waals surface area contributed by atoms with Crippen molar-refractivity contribution >= 4 is 21.4 Å². The summed E-state index contributed by atoms with van der Waals surface area (Å²) in [6.45, 7) is 0. The van der Waals surface area contributed by atoms with Crippen molar-refractivity contribution in [3.05, 3.63) is 52.7 Å². The van der Waals surface area contributed by atoms with Crippen molar-refractivity contribution in [1.29, 1.82) is 5.26 Å². The van der Waals surface area contributed by atoms with Gasteiger partial charge >= 0.3 is 6.18 Å². The Labute approximate surface area is 133 Å². The van der Waals surface area contributed by atoms with Crippen LogP contribution in [0.2, 0.25) is 0 Å². The first-order valence-electron chi connectivity index (χ1n) is 5.98. The monoisotopic (exact) mass is 364 g/mol. The molecule has 0 aliphatic carbocycles. The lowest BCUT2D eigenvalue weighted by Gasteiger charge is -2.21. The van der Waals surface area contributed by atoms with Gasteiger partial charge in [0, 0.05) is 0 Å². The molecule has 1 N–H and O–H groups in total. The highest BCUT2D eigenvalue weighted by Gasteiger charge is 2.43. The van der Waals surface area contributed by atoms with Crippen LogP contribution in [0.1, 0.15) is 16.5 Å². The lowest BCUT2D eigenvalue weighted by atomic mass is 10.1. The fourth-order valence-corrected chi connectivity index (χ4v) is 4.05. The molecule has 10 heteroatoms. The van der Waals surface area contributed by atoms with Gasteiger partial charge in [0.15, 0.2) is 0 Å². The van der Waals surface area contributed by atoms with Crippen LogP contribution in [0.3, 0.4) is 0 Å². The Hall–Kier alpha value is -1.96. The van der Waals surface area contributed by atoms with Crippen LogP contribution in [-0.2, 0) is 10.0 Å². The van der Waals surface area contributed by atoms with Crippen molar-refractivity contribution in [2.45, 2.75) is 16.4 Å². The molecule has 1 atom stereocenters. The molecular weight excluding hydrogens is 356 g/mol. The normalized spacial score (nSPS) is 13.5. The minimum atomic E-state index is -4.92. The van der Waals surface area contributed by atoms with Gasteiger partial charge < -0.3 is 0 Å². The van der Waals surface area contributed by atoms with Crippen LogP contribution in [0.4, 0.5) is 17.6 Å². The summed E-state index contributed by atoms with van der Waals surface area (Å²) < 4.78 is 77.6. The molecule has 0 fully saturated rings. The summed E-state index contributed by atoms with van der Waals surface area (Å²) in [5.41, 5.74) is -0.445. The molecular formula is C13H8F4N2O2S2. The summed E-state index contributed by atoms with van der Waals surface area (Å²) in [6.07, 6.45) is -4.92. The summed E-state index contributed by atoms with van der Waals surface area (Å²) in [5, 5.41) is 8.66. The quantitative estimate of drug-likeness (QED) is 0.846. The molecule has 1 aromatic carbocycles. The van der Waals surface area contributed by atoms with E-state index in [9.17, 15) is 26.0 Å². The summed E-state index contributed by atoms with van der Waals surface area (Å²) in [6, 6.07) is 4.73. The van der Waals surface area contributed by atoms with Crippen LogP contribution in [0, 0.1) is 17.1 Å². The zero-order valence-electron chi connectivity index (χ0n) is 11.1. The minimum absolute atomic E-state index is 0.0516. The molecule has 0 saturated carbocycles. The number of hydrogen-bond acceptors (Lipinski definition) is 4. The van der Waals surface area contributed by atoms with E-state index in [4.69, 9.17) is 5.26 Å². The van der Waals surface area contributed by atoms with Crippen LogP contribution < -0.4 is 4.72 Å². The van der Waals surface area contributed by atoms with E-state index in [1.165, 1.54) is 6.07 Å². The maximum Gasteiger partial charge on any atom is 0.408 e. The van der Waals surface area contributed by atoms with Crippen molar-refractivity contribution < 1.29 is 26.0 Å². The average Bonchev–Trinajstić information content (AvgIpc) is 2.95. The van der Waals surface area contributed by atoms with Gasteiger partial charge in [-0.05, 0) is 29.8 Å². The Bertz CT molecular complexity index is 836. The molecule has 0 radical (unpaired) electrons. The molecule has 4 nitrogen and oxygen atoms in total. The van der Waals surface area contributed by atoms with E-state index >= 15 is 0 Å². The maximum absolute atomic E-state index is 13.2. The number of alkyl halides is 3. The van der Waals surface area contributed by atoms with Crippen molar-refractivity contribution in [2.24, 2.45) is 0 Å². The SMILES string of the molecule is N#Cc1ccc(S(=O)(=O)NC(c2ccc(F)cc2)C(F)(F)F)s1. The van der Waals surface area contributed by atoms with Gasteiger partial charge in [0.25, 0.3) is 10.0 Å². The topological polar surface area (TPSA) is 70.0 Å². The van der Waals surface area contributed by atoms with Gasteiger partial charge in [-0.3, -0.25) is 0 Å². The number of benzene rings is 1. The number of sulfonamides is 1. The Balaban J connectivity index is 2.38. The summed E-state index contributed by atoms with van der Waals surface area (Å²) in [5.74, 6) is -0.741. The van der Waals surface area contributed by atoms with Crippen molar-refractivity contribution in [3.8, 4) is 6.07 Å². The van der Waals surface area contributed by atoms with Crippen LogP contribution >= 0.6 is 11.3 Å². The smallest absolute Gasteiger partial charge is 0.207 e. The fraction of sp³-hybridized carbons (Fsp3) is 0.154. The van der Waals surface area contributed by atoms with E-state index in [1.54, 1.807) is 10.8 Å². The zero-order chi connectivity index (χ0) is 17.3. The molecule has 23 heavy (non-hydrogen) atoms. The predicted molar refractivity (Wildman–Crippen MR) is 74.6 cm³/mol. The third kappa shape index (κ3) is 4.07. The Kier molecular flexibility index (Phi) is 4.74. The fourth-order valence-electron chi connectivity index (χ4n) is 1.72. The standard InChI is InChI=1S/C13H8F4N2O2S2/c14-9-3-1-8(2-4-9)12(13(15,16)17)19-23(20,21)11-6-5-10(7-18)22-11/h1-6,12,19H. The van der Waals surface area contributed by atoms with Crippen LogP contribution in [0.5, 0.6) is 0 Å². The molecule has 1 aromatic heterocycles. The predicted octanol–water partition coefficient (Wildman–Crippen LogP) is 3.34. The number of nitrogens with zero attached hydrogens (tertiary/aromatic N) is 1. The third-order valence-electron chi connectivity index (χ3n) is 2.76. The molecule has 0 aliphatic heterocycles. The molecule has 0 bridgehead atoms. The highest BCUT2D eigenvalue weighted by Crippen LogP contribution is 2.34. The van der Waals surface area contributed by atoms with Crippen molar-refractivity contribution in [1.82, 2.24) is 4.72 Å². The summed E-state index contributed by atoms with van der Waals surface area (Å²) >= 11 is 0.551. The second kappa shape index (κ2) is 6.27. The van der Waals surface area contributed by atoms with Gasteiger partial charge in [-0.15, -0.1) is 11.3 Å². The Morgan fingerprint density at radius 2 is 1.74 bits per heavy atom. The second-order valence-electron chi connectivity index (χ2n) is 4.38. The average molecular weight is 364 g/mol. The first-order chi connectivity index (χ1) is 10.6. The van der Waals surface area contributed by atoms with Gasteiger partial charge in [-0.25, -0.2) is 12.8 Å². The number of thiophene rings is 1. The Morgan fingerprint density at radius 3 is 2.22 bits per heavy atom. The van der Waals surface area contributed by atoms with Crippen molar-refractivity contribution in [2.75, 3.05) is 0 Å². The molecule has 1 unspecified atom stereocenters. The summed E-state index contributed by atoms with van der Waals surface area (Å²) in [7, 11) is -4.49. The molecule has 1 heterocycles.